The number of carbonyl (C=O) groups is 2. The maximum atomic E-state index is 13.8. The first-order valence-electron chi connectivity index (χ1n) is 8.38. The third kappa shape index (κ3) is 3.75. The molecular weight excluding hydrogens is 396 g/mol. The third-order valence-electron chi connectivity index (χ3n) is 4.69. The normalized spacial score (nSPS) is 24.4. The molecule has 0 radical (unpaired) electrons. The molecule has 3 N–H and O–H groups in total. The molecule has 29 heavy (non-hydrogen) atoms. The van der Waals surface area contributed by atoms with Crippen LogP contribution in [-0.4, -0.2) is 35.9 Å². The highest BCUT2D eigenvalue weighted by Gasteiger charge is 2.66. The number of Topliss-reactive ketones (excluding diaryl/α,β-unsaturated/α-hetero) is 1. The summed E-state index contributed by atoms with van der Waals surface area (Å²) in [6.07, 6.45) is -5.37. The van der Waals surface area contributed by atoms with Crippen LogP contribution in [0, 0.1) is 11.7 Å². The van der Waals surface area contributed by atoms with Crippen molar-refractivity contribution < 1.29 is 37.0 Å². The molecule has 1 aliphatic rings. The number of benzene rings is 2. The Hall–Kier alpha value is -3.14. The smallest absolute Gasteiger partial charge is 0.437 e. The lowest BCUT2D eigenvalue weighted by atomic mass is 9.77. The first-order chi connectivity index (χ1) is 13.6. The number of hydrogen-bond donors (Lipinski definition) is 3. The number of nitrogens with one attached hydrogen (secondary N) is 2. The van der Waals surface area contributed by atoms with Crippen molar-refractivity contribution in [2.24, 2.45) is 5.92 Å². The molecule has 1 heterocycles. The van der Waals surface area contributed by atoms with Crippen molar-refractivity contribution in [1.82, 2.24) is 10.6 Å². The minimum absolute atomic E-state index is 0.142. The summed E-state index contributed by atoms with van der Waals surface area (Å²) in [5, 5.41) is 14.1. The second-order valence-corrected chi connectivity index (χ2v) is 6.46. The predicted molar refractivity (Wildman–Crippen MR) is 92.6 cm³/mol. The van der Waals surface area contributed by atoms with Gasteiger partial charge in [-0.15, -0.1) is 0 Å². The molecule has 2 aromatic rings. The molecule has 3 atom stereocenters. The van der Waals surface area contributed by atoms with Gasteiger partial charge >= 0.3 is 12.2 Å². The first-order valence-corrected chi connectivity index (χ1v) is 8.38. The Morgan fingerprint density at radius 1 is 1.10 bits per heavy atom. The van der Waals surface area contributed by atoms with E-state index >= 15 is 0 Å². The van der Waals surface area contributed by atoms with Gasteiger partial charge in [0.05, 0.1) is 13.2 Å². The van der Waals surface area contributed by atoms with Gasteiger partial charge in [0.2, 0.25) is 5.72 Å². The van der Waals surface area contributed by atoms with Crippen molar-refractivity contribution in [3.8, 4) is 5.75 Å². The lowest BCUT2D eigenvalue weighted by Gasteiger charge is -2.45. The van der Waals surface area contributed by atoms with Crippen LogP contribution in [0.1, 0.15) is 22.0 Å². The van der Waals surface area contributed by atoms with Crippen LogP contribution < -0.4 is 15.4 Å². The summed E-state index contributed by atoms with van der Waals surface area (Å²) in [6, 6.07) is 6.66. The molecule has 0 bridgehead atoms. The van der Waals surface area contributed by atoms with Crippen LogP contribution in [0.25, 0.3) is 0 Å². The number of ketones is 1. The van der Waals surface area contributed by atoms with Crippen LogP contribution in [0.2, 0.25) is 0 Å². The Morgan fingerprint density at radius 3 is 2.21 bits per heavy atom. The summed E-state index contributed by atoms with van der Waals surface area (Å²) in [4.78, 5) is 24.9. The summed E-state index contributed by atoms with van der Waals surface area (Å²) in [5.74, 6) is -3.59. The maximum absolute atomic E-state index is 13.8. The van der Waals surface area contributed by atoms with E-state index in [2.05, 4.69) is 5.32 Å². The molecule has 0 aliphatic carbocycles. The molecule has 6 nitrogen and oxygen atoms in total. The van der Waals surface area contributed by atoms with Gasteiger partial charge in [-0.1, -0.05) is 12.1 Å². The SMILES string of the molecule is COc1ccc([C@@H]2NC(=O)N[C@](O)(C(F)(F)F)[C@@H]2C(=O)c2ccc(F)cc2)cc1. The fourth-order valence-corrected chi connectivity index (χ4v) is 3.22. The number of alkyl halides is 3. The number of carbonyl (C=O) groups excluding carboxylic acids is 2. The largest absolute Gasteiger partial charge is 0.497 e. The highest BCUT2D eigenvalue weighted by atomic mass is 19.4. The molecule has 1 saturated heterocycles. The standard InChI is InChI=1S/C19H16F4N2O4/c1-29-13-8-4-10(5-9-13)15-14(16(26)11-2-6-12(20)7-3-11)18(28,19(21,22)23)25-17(27)24-15/h2-9,14-15,28H,1H3,(H2,24,25,27)/t14-,15-,18+/m0/s1. The van der Waals surface area contributed by atoms with Gasteiger partial charge in [0.15, 0.2) is 5.78 Å². The van der Waals surface area contributed by atoms with Gasteiger partial charge in [0.1, 0.15) is 17.5 Å². The topological polar surface area (TPSA) is 87.7 Å². The Labute approximate surface area is 162 Å². The van der Waals surface area contributed by atoms with Crippen molar-refractivity contribution >= 4 is 11.8 Å². The molecular formula is C19H16F4N2O4. The van der Waals surface area contributed by atoms with E-state index in [0.717, 1.165) is 24.3 Å². The average Bonchev–Trinajstić information content (AvgIpc) is 2.67. The van der Waals surface area contributed by atoms with E-state index in [1.165, 1.54) is 36.7 Å². The number of amides is 2. The fourth-order valence-electron chi connectivity index (χ4n) is 3.22. The van der Waals surface area contributed by atoms with Crippen molar-refractivity contribution in [2.45, 2.75) is 17.9 Å². The molecule has 154 valence electrons. The molecule has 0 aromatic heterocycles. The molecule has 1 fully saturated rings. The number of aliphatic hydroxyl groups is 1. The molecule has 0 saturated carbocycles. The van der Waals surface area contributed by atoms with E-state index in [4.69, 9.17) is 4.74 Å². The number of ether oxygens (including phenoxy) is 1. The monoisotopic (exact) mass is 412 g/mol. The summed E-state index contributed by atoms with van der Waals surface area (Å²) in [5.41, 5.74) is -3.95. The van der Waals surface area contributed by atoms with Crippen LogP contribution in [-0.2, 0) is 0 Å². The Morgan fingerprint density at radius 2 is 1.69 bits per heavy atom. The van der Waals surface area contributed by atoms with Crippen LogP contribution >= 0.6 is 0 Å². The van der Waals surface area contributed by atoms with E-state index in [0.29, 0.717) is 5.75 Å². The maximum Gasteiger partial charge on any atom is 0.437 e. The Balaban J connectivity index is 2.13. The molecule has 1 aliphatic heterocycles. The predicted octanol–water partition coefficient (Wildman–Crippen LogP) is 2.94. The zero-order chi connectivity index (χ0) is 21.4. The van der Waals surface area contributed by atoms with Crippen LogP contribution in [0.3, 0.4) is 0 Å². The Kier molecular flexibility index (Phi) is 5.22. The molecule has 0 spiro atoms. The van der Waals surface area contributed by atoms with E-state index in [1.54, 1.807) is 0 Å². The molecule has 3 rings (SSSR count). The van der Waals surface area contributed by atoms with Gasteiger partial charge < -0.3 is 20.5 Å². The van der Waals surface area contributed by atoms with Gasteiger partial charge in [-0.2, -0.15) is 13.2 Å². The van der Waals surface area contributed by atoms with Gasteiger partial charge in [0, 0.05) is 5.56 Å². The molecule has 2 amide bonds. The van der Waals surface area contributed by atoms with E-state index in [-0.39, 0.29) is 11.1 Å². The van der Waals surface area contributed by atoms with Crippen molar-refractivity contribution in [2.75, 3.05) is 7.11 Å². The highest BCUT2D eigenvalue weighted by molar-refractivity contribution is 6.00. The number of rotatable bonds is 4. The van der Waals surface area contributed by atoms with Crippen molar-refractivity contribution in [1.29, 1.82) is 0 Å². The lowest BCUT2D eigenvalue weighted by molar-refractivity contribution is -0.287. The average molecular weight is 412 g/mol. The van der Waals surface area contributed by atoms with Gasteiger partial charge in [0.25, 0.3) is 0 Å². The molecule has 2 aromatic carbocycles. The van der Waals surface area contributed by atoms with Crippen LogP contribution in [0.15, 0.2) is 48.5 Å². The van der Waals surface area contributed by atoms with Crippen molar-refractivity contribution in [3.63, 3.8) is 0 Å². The summed E-state index contributed by atoms with van der Waals surface area (Å²) >= 11 is 0. The zero-order valence-corrected chi connectivity index (χ0v) is 15.0. The summed E-state index contributed by atoms with van der Waals surface area (Å²) < 4.78 is 59.5. The van der Waals surface area contributed by atoms with Crippen LogP contribution in [0.5, 0.6) is 5.75 Å². The number of urea groups is 1. The number of halogens is 4. The fraction of sp³-hybridized carbons (Fsp3) is 0.263. The Bertz CT molecular complexity index is 915. The molecule has 10 heteroatoms. The lowest BCUT2D eigenvalue weighted by Crippen LogP contribution is -2.72. The quantitative estimate of drug-likeness (QED) is 0.532. The van der Waals surface area contributed by atoms with Gasteiger partial charge in [-0.25, -0.2) is 9.18 Å². The van der Waals surface area contributed by atoms with Crippen LogP contribution in [0.4, 0.5) is 22.4 Å². The zero-order valence-electron chi connectivity index (χ0n) is 15.0. The van der Waals surface area contributed by atoms with Gasteiger partial charge in [-0.05, 0) is 42.0 Å². The summed E-state index contributed by atoms with van der Waals surface area (Å²) in [7, 11) is 1.39. The minimum Gasteiger partial charge on any atom is -0.497 e. The third-order valence-corrected chi connectivity index (χ3v) is 4.69. The van der Waals surface area contributed by atoms with E-state index in [9.17, 15) is 32.3 Å². The summed E-state index contributed by atoms with van der Waals surface area (Å²) in [6.45, 7) is 0. The van der Waals surface area contributed by atoms with E-state index < -0.39 is 41.5 Å². The van der Waals surface area contributed by atoms with Crippen molar-refractivity contribution in [3.05, 3.63) is 65.5 Å². The second kappa shape index (κ2) is 7.36. The van der Waals surface area contributed by atoms with Gasteiger partial charge in [-0.3, -0.25) is 4.79 Å². The highest BCUT2D eigenvalue weighted by Crippen LogP contribution is 2.44. The minimum atomic E-state index is -5.37. The van der Waals surface area contributed by atoms with E-state index in [1.807, 2.05) is 0 Å². The number of hydrogen-bond acceptors (Lipinski definition) is 4. The first kappa shape index (κ1) is 20.6. The second-order valence-electron chi connectivity index (χ2n) is 6.46. The molecule has 0 unspecified atom stereocenters. The number of methoxy groups -OCH3 is 1.